The van der Waals surface area contributed by atoms with E-state index in [1.54, 1.807) is 12.1 Å². The first-order valence-electron chi connectivity index (χ1n) is 8.30. The number of nitriles is 2. The molecule has 2 atom stereocenters. The van der Waals surface area contributed by atoms with E-state index in [9.17, 15) is 27.7 Å². The average molecular weight is 388 g/mol. The van der Waals surface area contributed by atoms with Crippen molar-refractivity contribution in [3.05, 3.63) is 71.3 Å². The Morgan fingerprint density at radius 3 is 1.56 bits per heavy atom. The van der Waals surface area contributed by atoms with Crippen LogP contribution in [0, 0.1) is 46.1 Å². The summed E-state index contributed by atoms with van der Waals surface area (Å²) in [5.41, 5.74) is 1.07. The fourth-order valence-corrected chi connectivity index (χ4v) is 4.61. The molecule has 2 aromatic rings. The van der Waals surface area contributed by atoms with Crippen molar-refractivity contribution < 1.29 is 17.2 Å². The number of nitrogens with zero attached hydrogens (tertiary/aromatic N) is 2. The first-order valence-corrected chi connectivity index (χ1v) is 10.1. The molecule has 0 aliphatic carbocycles. The predicted molar refractivity (Wildman–Crippen MR) is 97.1 cm³/mol. The lowest BCUT2D eigenvalue weighted by molar-refractivity contribution is 0.572. The monoisotopic (exact) mass is 388 g/mol. The van der Waals surface area contributed by atoms with Gasteiger partial charge in [0.1, 0.15) is 11.6 Å². The van der Waals surface area contributed by atoms with Crippen molar-refractivity contribution in [2.45, 2.75) is 12.8 Å². The molecule has 4 nitrogen and oxygen atoms in total. The average Bonchev–Trinajstić information content (AvgIpc) is 2.60. The van der Waals surface area contributed by atoms with E-state index in [1.165, 1.54) is 36.4 Å². The number of hydrogen-bond donors (Lipinski definition) is 0. The van der Waals surface area contributed by atoms with Crippen molar-refractivity contribution in [2.75, 3.05) is 11.5 Å². The molecule has 0 heterocycles. The Hall–Kier alpha value is -2.77. The Morgan fingerprint density at radius 2 is 1.22 bits per heavy atom. The quantitative estimate of drug-likeness (QED) is 0.694. The zero-order chi connectivity index (χ0) is 19.9. The van der Waals surface area contributed by atoms with Gasteiger partial charge in [-0.1, -0.05) is 24.3 Å². The van der Waals surface area contributed by atoms with Crippen LogP contribution in [-0.2, 0) is 22.7 Å². The maximum atomic E-state index is 13.2. The summed E-state index contributed by atoms with van der Waals surface area (Å²) >= 11 is 0. The van der Waals surface area contributed by atoms with Crippen molar-refractivity contribution in [3.8, 4) is 12.1 Å². The van der Waals surface area contributed by atoms with E-state index in [0.717, 1.165) is 0 Å². The highest BCUT2D eigenvalue weighted by molar-refractivity contribution is 7.91. The first-order chi connectivity index (χ1) is 12.8. The third kappa shape index (κ3) is 6.80. The van der Waals surface area contributed by atoms with Crippen molar-refractivity contribution in [3.63, 3.8) is 0 Å². The normalized spacial score (nSPS) is 13.3. The molecule has 27 heavy (non-hydrogen) atoms. The molecule has 0 amide bonds. The summed E-state index contributed by atoms with van der Waals surface area (Å²) in [5, 5.41) is 18.5. The summed E-state index contributed by atoms with van der Waals surface area (Å²) in [5.74, 6) is -3.42. The summed E-state index contributed by atoms with van der Waals surface area (Å²) in [6, 6.07) is 15.2. The van der Waals surface area contributed by atoms with E-state index in [2.05, 4.69) is 0 Å². The molecule has 2 aromatic carbocycles. The summed E-state index contributed by atoms with van der Waals surface area (Å²) in [7, 11) is -3.70. The molecule has 0 aliphatic heterocycles. The van der Waals surface area contributed by atoms with Gasteiger partial charge in [-0.25, -0.2) is 17.2 Å². The van der Waals surface area contributed by atoms with E-state index < -0.39 is 44.8 Å². The van der Waals surface area contributed by atoms with Crippen LogP contribution in [0.5, 0.6) is 0 Å². The highest BCUT2D eigenvalue weighted by atomic mass is 32.2. The lowest BCUT2D eigenvalue weighted by atomic mass is 10.0. The van der Waals surface area contributed by atoms with Crippen molar-refractivity contribution >= 4 is 9.84 Å². The minimum Gasteiger partial charge on any atom is -0.229 e. The fourth-order valence-electron chi connectivity index (χ4n) is 2.86. The van der Waals surface area contributed by atoms with Crippen molar-refractivity contribution in [1.82, 2.24) is 0 Å². The predicted octanol–water partition coefficient (Wildman–Crippen LogP) is 3.44. The highest BCUT2D eigenvalue weighted by Crippen LogP contribution is 2.16. The number of benzene rings is 2. The second-order valence-electron chi connectivity index (χ2n) is 6.40. The van der Waals surface area contributed by atoms with Gasteiger partial charge in [-0.05, 0) is 48.2 Å². The molecular weight excluding hydrogens is 370 g/mol. The number of sulfone groups is 1. The van der Waals surface area contributed by atoms with Gasteiger partial charge in [0.05, 0.1) is 35.5 Å². The van der Waals surface area contributed by atoms with Gasteiger partial charge >= 0.3 is 0 Å². The third-order valence-corrected chi connectivity index (χ3v) is 5.84. The third-order valence-electron chi connectivity index (χ3n) is 4.02. The fraction of sp³-hybridized carbons (Fsp3) is 0.300. The van der Waals surface area contributed by atoms with E-state index in [4.69, 9.17) is 0 Å². The summed E-state index contributed by atoms with van der Waals surface area (Å²) in [4.78, 5) is 0. The SMILES string of the molecule is N#CC(Cc1cccc(F)c1)CS(=O)(=O)CC(C#N)Cc1cccc(F)c1. The number of halogens is 2. The number of hydrogen-bond acceptors (Lipinski definition) is 4. The van der Waals surface area contributed by atoms with Crippen LogP contribution in [0.4, 0.5) is 8.78 Å². The van der Waals surface area contributed by atoms with Crippen LogP contribution in [0.3, 0.4) is 0 Å². The molecule has 0 fully saturated rings. The Kier molecular flexibility index (Phi) is 7.04. The van der Waals surface area contributed by atoms with Gasteiger partial charge < -0.3 is 0 Å². The van der Waals surface area contributed by atoms with Crippen molar-refractivity contribution in [2.24, 2.45) is 11.8 Å². The van der Waals surface area contributed by atoms with Gasteiger partial charge in [-0.15, -0.1) is 0 Å². The molecule has 0 saturated heterocycles. The van der Waals surface area contributed by atoms with Crippen LogP contribution in [0.25, 0.3) is 0 Å². The highest BCUT2D eigenvalue weighted by Gasteiger charge is 2.24. The second kappa shape index (κ2) is 9.25. The number of rotatable bonds is 8. The van der Waals surface area contributed by atoms with Gasteiger partial charge in [0.2, 0.25) is 0 Å². The summed E-state index contributed by atoms with van der Waals surface area (Å²) in [6.45, 7) is 0. The molecule has 0 aromatic heterocycles. The van der Waals surface area contributed by atoms with Crippen molar-refractivity contribution in [1.29, 1.82) is 10.5 Å². The van der Waals surface area contributed by atoms with E-state index >= 15 is 0 Å². The van der Waals surface area contributed by atoms with Crippen LogP contribution in [0.2, 0.25) is 0 Å². The standard InChI is InChI=1S/C20H18F2N2O2S/c21-19-5-1-3-15(9-19)7-17(11-23)13-27(25,26)14-18(12-24)8-16-4-2-6-20(22)10-16/h1-6,9-10,17-18H,7-8,13-14H2. The molecule has 0 saturated carbocycles. The van der Waals surface area contributed by atoms with Crippen LogP contribution < -0.4 is 0 Å². The Morgan fingerprint density at radius 1 is 0.815 bits per heavy atom. The maximum Gasteiger partial charge on any atom is 0.152 e. The molecule has 0 N–H and O–H groups in total. The minimum absolute atomic E-state index is 0.106. The van der Waals surface area contributed by atoms with Crippen LogP contribution in [0.15, 0.2) is 48.5 Å². The van der Waals surface area contributed by atoms with E-state index in [-0.39, 0.29) is 12.8 Å². The zero-order valence-electron chi connectivity index (χ0n) is 14.5. The second-order valence-corrected chi connectivity index (χ2v) is 8.55. The smallest absolute Gasteiger partial charge is 0.152 e. The Balaban J connectivity index is 2.03. The molecular formula is C20H18F2N2O2S. The molecule has 7 heteroatoms. The first kappa shape index (κ1) is 20.5. The van der Waals surface area contributed by atoms with E-state index in [0.29, 0.717) is 11.1 Å². The van der Waals surface area contributed by atoms with Gasteiger partial charge in [-0.3, -0.25) is 0 Å². The van der Waals surface area contributed by atoms with E-state index in [1.807, 2.05) is 12.1 Å². The van der Waals surface area contributed by atoms with Gasteiger partial charge in [0.25, 0.3) is 0 Å². The van der Waals surface area contributed by atoms with Crippen LogP contribution in [0.1, 0.15) is 11.1 Å². The zero-order valence-corrected chi connectivity index (χ0v) is 15.3. The van der Waals surface area contributed by atoms with Crippen LogP contribution >= 0.6 is 0 Å². The molecule has 0 aliphatic rings. The molecule has 2 rings (SSSR count). The van der Waals surface area contributed by atoms with Crippen LogP contribution in [-0.4, -0.2) is 19.9 Å². The van der Waals surface area contributed by atoms with Gasteiger partial charge in [-0.2, -0.15) is 10.5 Å². The van der Waals surface area contributed by atoms with Gasteiger partial charge in [0.15, 0.2) is 9.84 Å². The largest absolute Gasteiger partial charge is 0.229 e. The van der Waals surface area contributed by atoms with Gasteiger partial charge in [0, 0.05) is 0 Å². The topological polar surface area (TPSA) is 81.7 Å². The summed E-state index contributed by atoms with van der Waals surface area (Å²) < 4.78 is 51.4. The molecule has 0 radical (unpaired) electrons. The molecule has 140 valence electrons. The molecule has 2 unspecified atom stereocenters. The minimum atomic E-state index is -3.70. The molecule has 0 spiro atoms. The lowest BCUT2D eigenvalue weighted by Gasteiger charge is -2.13. The Bertz CT molecular complexity index is 904. The summed E-state index contributed by atoms with van der Waals surface area (Å²) in [6.07, 6.45) is 0.212. The lowest BCUT2D eigenvalue weighted by Crippen LogP contribution is -2.24. The molecule has 0 bridgehead atoms. The Labute approximate surface area is 157 Å². The maximum absolute atomic E-state index is 13.2.